The number of benzene rings is 2. The summed E-state index contributed by atoms with van der Waals surface area (Å²) in [5.41, 5.74) is 2.92. The van der Waals surface area contributed by atoms with Gasteiger partial charge < -0.3 is 10.2 Å². The van der Waals surface area contributed by atoms with Gasteiger partial charge in [-0.3, -0.25) is 9.59 Å². The minimum Gasteiger partial charge on any atom is -0.355 e. The van der Waals surface area contributed by atoms with E-state index in [0.29, 0.717) is 11.5 Å². The number of nitrogens with one attached hydrogen (secondary N) is 1. The third-order valence-electron chi connectivity index (χ3n) is 5.43. The van der Waals surface area contributed by atoms with Crippen LogP contribution >= 0.6 is 0 Å². The Hall–Kier alpha value is -2.88. The molecule has 0 saturated carbocycles. The molecule has 0 bridgehead atoms. The standard InChI is InChI=1S/C24H28N2O2/c1-25-24(28)22-12-9-20(10-13-22)11-14-23(27)26-17-15-21(16-18-26)8-7-19-5-3-2-4-6-19/h2-6,9-14,21H,7-8,15-18H2,1H3,(H,25,28)/b14-11+. The molecule has 3 rings (SSSR count). The van der Waals surface area contributed by atoms with Crippen molar-refractivity contribution in [1.29, 1.82) is 0 Å². The number of piperidine rings is 1. The molecule has 1 aliphatic rings. The van der Waals surface area contributed by atoms with E-state index < -0.39 is 0 Å². The molecule has 1 heterocycles. The minimum absolute atomic E-state index is 0.0666. The summed E-state index contributed by atoms with van der Waals surface area (Å²) in [5.74, 6) is 0.657. The molecule has 4 heteroatoms. The average Bonchev–Trinajstić information content (AvgIpc) is 2.77. The topological polar surface area (TPSA) is 49.4 Å². The summed E-state index contributed by atoms with van der Waals surface area (Å²) >= 11 is 0. The summed E-state index contributed by atoms with van der Waals surface area (Å²) in [6.45, 7) is 1.66. The van der Waals surface area contributed by atoms with Gasteiger partial charge in [-0.25, -0.2) is 0 Å². The zero-order valence-corrected chi connectivity index (χ0v) is 16.4. The lowest BCUT2D eigenvalue weighted by atomic mass is 9.90. The van der Waals surface area contributed by atoms with Crippen molar-refractivity contribution in [2.24, 2.45) is 5.92 Å². The van der Waals surface area contributed by atoms with Crippen LogP contribution in [0, 0.1) is 5.92 Å². The van der Waals surface area contributed by atoms with Crippen LogP contribution < -0.4 is 5.32 Å². The Morgan fingerprint density at radius 2 is 1.71 bits per heavy atom. The van der Waals surface area contributed by atoms with Crippen molar-refractivity contribution in [3.8, 4) is 0 Å². The molecule has 1 aliphatic heterocycles. The second-order valence-corrected chi connectivity index (χ2v) is 7.33. The molecule has 0 unspecified atom stereocenters. The van der Waals surface area contributed by atoms with E-state index in [1.807, 2.05) is 23.1 Å². The maximum atomic E-state index is 12.5. The first-order valence-corrected chi connectivity index (χ1v) is 9.99. The van der Waals surface area contributed by atoms with E-state index in [1.165, 1.54) is 12.0 Å². The Balaban J connectivity index is 1.44. The third kappa shape index (κ3) is 5.56. The fourth-order valence-corrected chi connectivity index (χ4v) is 3.62. The quantitative estimate of drug-likeness (QED) is 0.777. The summed E-state index contributed by atoms with van der Waals surface area (Å²) in [6, 6.07) is 17.8. The smallest absolute Gasteiger partial charge is 0.251 e. The Bertz CT molecular complexity index is 804. The van der Waals surface area contributed by atoms with Gasteiger partial charge in [0.1, 0.15) is 0 Å². The molecule has 0 spiro atoms. The molecule has 4 nitrogen and oxygen atoms in total. The average molecular weight is 377 g/mol. The van der Waals surface area contributed by atoms with Crippen LogP contribution in [0.4, 0.5) is 0 Å². The van der Waals surface area contributed by atoms with Gasteiger partial charge in [-0.1, -0.05) is 42.5 Å². The fourth-order valence-electron chi connectivity index (χ4n) is 3.62. The molecule has 0 aromatic heterocycles. The number of likely N-dealkylation sites (tertiary alicyclic amines) is 1. The monoisotopic (exact) mass is 376 g/mol. The van der Waals surface area contributed by atoms with Gasteiger partial charge in [0.2, 0.25) is 5.91 Å². The molecular weight excluding hydrogens is 348 g/mol. The van der Waals surface area contributed by atoms with E-state index in [9.17, 15) is 9.59 Å². The molecule has 1 fully saturated rings. The number of amides is 2. The first-order valence-electron chi connectivity index (χ1n) is 9.99. The second-order valence-electron chi connectivity index (χ2n) is 7.33. The predicted octanol–water partition coefficient (Wildman–Crippen LogP) is 3.93. The van der Waals surface area contributed by atoms with Crippen LogP contribution in [0.25, 0.3) is 6.08 Å². The maximum absolute atomic E-state index is 12.5. The molecule has 2 aromatic carbocycles. The lowest BCUT2D eigenvalue weighted by molar-refractivity contribution is -0.127. The van der Waals surface area contributed by atoms with Crippen LogP contribution in [-0.4, -0.2) is 36.9 Å². The molecule has 146 valence electrons. The number of carbonyl (C=O) groups excluding carboxylic acids is 2. The van der Waals surface area contributed by atoms with Gasteiger partial charge in [0, 0.05) is 31.8 Å². The molecular formula is C24H28N2O2. The van der Waals surface area contributed by atoms with E-state index in [-0.39, 0.29) is 11.8 Å². The SMILES string of the molecule is CNC(=O)c1ccc(/C=C/C(=O)N2CCC(CCc3ccccc3)CC2)cc1. The lowest BCUT2D eigenvalue weighted by Gasteiger charge is -2.31. The zero-order chi connectivity index (χ0) is 19.8. The first kappa shape index (κ1) is 19.9. The van der Waals surface area contributed by atoms with Crippen molar-refractivity contribution >= 4 is 17.9 Å². The molecule has 28 heavy (non-hydrogen) atoms. The van der Waals surface area contributed by atoms with Gasteiger partial charge in [0.15, 0.2) is 0 Å². The highest BCUT2D eigenvalue weighted by atomic mass is 16.2. The van der Waals surface area contributed by atoms with Gasteiger partial charge in [0.25, 0.3) is 5.91 Å². The Labute approximate surface area is 167 Å². The highest BCUT2D eigenvalue weighted by molar-refractivity contribution is 5.94. The maximum Gasteiger partial charge on any atom is 0.251 e. The van der Waals surface area contributed by atoms with Gasteiger partial charge in [-0.2, -0.15) is 0 Å². The summed E-state index contributed by atoms with van der Waals surface area (Å²) < 4.78 is 0. The molecule has 0 atom stereocenters. The third-order valence-corrected chi connectivity index (χ3v) is 5.43. The summed E-state index contributed by atoms with van der Waals surface area (Å²) in [7, 11) is 1.61. The zero-order valence-electron chi connectivity index (χ0n) is 16.4. The number of aryl methyl sites for hydroxylation is 1. The Kier molecular flexibility index (Phi) is 7.01. The number of rotatable bonds is 6. The van der Waals surface area contributed by atoms with Crippen molar-refractivity contribution in [1.82, 2.24) is 10.2 Å². The summed E-state index contributed by atoms with van der Waals surface area (Å²) in [5, 5.41) is 2.60. The van der Waals surface area contributed by atoms with Gasteiger partial charge in [0.05, 0.1) is 0 Å². The number of hydrogen-bond acceptors (Lipinski definition) is 2. The van der Waals surface area contributed by atoms with Crippen LogP contribution in [0.15, 0.2) is 60.7 Å². The Morgan fingerprint density at radius 3 is 2.36 bits per heavy atom. The van der Waals surface area contributed by atoms with E-state index in [0.717, 1.165) is 37.9 Å². The van der Waals surface area contributed by atoms with Crippen molar-refractivity contribution < 1.29 is 9.59 Å². The first-order chi connectivity index (χ1) is 13.7. The van der Waals surface area contributed by atoms with Crippen LogP contribution in [0.3, 0.4) is 0 Å². The summed E-state index contributed by atoms with van der Waals surface area (Å²) in [4.78, 5) is 26.0. The molecule has 0 radical (unpaired) electrons. The minimum atomic E-state index is -0.109. The van der Waals surface area contributed by atoms with Crippen LogP contribution in [0.2, 0.25) is 0 Å². The van der Waals surface area contributed by atoms with Crippen LogP contribution in [-0.2, 0) is 11.2 Å². The van der Waals surface area contributed by atoms with E-state index in [4.69, 9.17) is 0 Å². The molecule has 1 N–H and O–H groups in total. The largest absolute Gasteiger partial charge is 0.355 e. The highest BCUT2D eigenvalue weighted by Crippen LogP contribution is 2.22. The number of hydrogen-bond donors (Lipinski definition) is 1. The van der Waals surface area contributed by atoms with Gasteiger partial charge in [-0.15, -0.1) is 0 Å². The van der Waals surface area contributed by atoms with Crippen LogP contribution in [0.5, 0.6) is 0 Å². The van der Waals surface area contributed by atoms with Crippen molar-refractivity contribution in [3.63, 3.8) is 0 Å². The van der Waals surface area contributed by atoms with Crippen molar-refractivity contribution in [3.05, 3.63) is 77.4 Å². The molecule has 0 aliphatic carbocycles. The van der Waals surface area contributed by atoms with Crippen molar-refractivity contribution in [2.45, 2.75) is 25.7 Å². The molecule has 2 aromatic rings. The normalized spacial score (nSPS) is 15.0. The molecule has 1 saturated heterocycles. The highest BCUT2D eigenvalue weighted by Gasteiger charge is 2.21. The van der Waals surface area contributed by atoms with E-state index >= 15 is 0 Å². The van der Waals surface area contributed by atoms with Gasteiger partial charge >= 0.3 is 0 Å². The van der Waals surface area contributed by atoms with Crippen molar-refractivity contribution in [2.75, 3.05) is 20.1 Å². The van der Waals surface area contributed by atoms with E-state index in [2.05, 4.69) is 35.6 Å². The number of nitrogens with zero attached hydrogens (tertiary/aromatic N) is 1. The molecule has 2 amide bonds. The second kappa shape index (κ2) is 9.88. The van der Waals surface area contributed by atoms with Crippen LogP contribution in [0.1, 0.15) is 40.7 Å². The number of carbonyl (C=O) groups is 2. The summed E-state index contributed by atoms with van der Waals surface area (Å²) in [6.07, 6.45) is 7.92. The van der Waals surface area contributed by atoms with Gasteiger partial charge in [-0.05, 0) is 60.9 Å². The fraction of sp³-hybridized carbons (Fsp3) is 0.333. The van der Waals surface area contributed by atoms with E-state index in [1.54, 1.807) is 25.3 Å². The predicted molar refractivity (Wildman–Crippen MR) is 113 cm³/mol. The Morgan fingerprint density at radius 1 is 1.04 bits per heavy atom. The lowest BCUT2D eigenvalue weighted by Crippen LogP contribution is -2.37.